The average Bonchev–Trinajstić information content (AvgIpc) is 3.19. The molecule has 2 heterocycles. The van der Waals surface area contributed by atoms with Crippen LogP contribution in [0.3, 0.4) is 0 Å². The molecule has 1 aliphatic heterocycles. The summed E-state index contributed by atoms with van der Waals surface area (Å²) in [6, 6.07) is 13.0. The van der Waals surface area contributed by atoms with E-state index in [-0.39, 0.29) is 11.9 Å². The van der Waals surface area contributed by atoms with Gasteiger partial charge in [-0.05, 0) is 43.2 Å². The lowest BCUT2D eigenvalue weighted by Gasteiger charge is -2.13. The SMILES string of the molecule is Cn1c(Nc2ccc(F)c(C3CCCO3)c2)nc2ccccc21. The molecule has 1 atom stereocenters. The fourth-order valence-electron chi connectivity index (χ4n) is 3.08. The maximum absolute atomic E-state index is 14.1. The second-order valence-corrected chi connectivity index (χ2v) is 5.85. The van der Waals surface area contributed by atoms with Crippen LogP contribution in [0, 0.1) is 5.82 Å². The monoisotopic (exact) mass is 311 g/mol. The molecule has 2 aromatic carbocycles. The number of aryl methyl sites for hydroxylation is 1. The molecule has 0 aliphatic carbocycles. The first-order chi connectivity index (χ1) is 11.2. The number of anilines is 2. The van der Waals surface area contributed by atoms with Gasteiger partial charge in [0.25, 0.3) is 0 Å². The Kier molecular flexibility index (Phi) is 3.50. The van der Waals surface area contributed by atoms with Gasteiger partial charge in [0.1, 0.15) is 5.82 Å². The maximum atomic E-state index is 14.1. The van der Waals surface area contributed by atoms with E-state index in [1.54, 1.807) is 6.07 Å². The largest absolute Gasteiger partial charge is 0.373 e. The molecule has 3 aromatic rings. The highest BCUT2D eigenvalue weighted by Crippen LogP contribution is 2.32. The normalized spacial score (nSPS) is 17.7. The van der Waals surface area contributed by atoms with Crippen LogP contribution in [-0.4, -0.2) is 16.2 Å². The molecule has 5 heteroatoms. The smallest absolute Gasteiger partial charge is 0.208 e. The van der Waals surface area contributed by atoms with Crippen LogP contribution in [0.2, 0.25) is 0 Å². The van der Waals surface area contributed by atoms with Gasteiger partial charge < -0.3 is 14.6 Å². The summed E-state index contributed by atoms with van der Waals surface area (Å²) in [5.41, 5.74) is 3.41. The van der Waals surface area contributed by atoms with Crippen molar-refractivity contribution in [1.29, 1.82) is 0 Å². The molecule has 1 fully saturated rings. The molecule has 0 saturated carbocycles. The van der Waals surface area contributed by atoms with Crippen molar-refractivity contribution in [1.82, 2.24) is 9.55 Å². The number of halogens is 1. The van der Waals surface area contributed by atoms with Gasteiger partial charge in [0.05, 0.1) is 17.1 Å². The average molecular weight is 311 g/mol. The predicted octanol–water partition coefficient (Wildman–Crippen LogP) is 4.31. The van der Waals surface area contributed by atoms with Crippen molar-refractivity contribution in [3.8, 4) is 0 Å². The Balaban J connectivity index is 1.67. The van der Waals surface area contributed by atoms with Crippen molar-refractivity contribution in [3.05, 3.63) is 53.8 Å². The van der Waals surface area contributed by atoms with Crippen LogP contribution in [0.25, 0.3) is 11.0 Å². The van der Waals surface area contributed by atoms with E-state index < -0.39 is 0 Å². The lowest BCUT2D eigenvalue weighted by Crippen LogP contribution is -2.03. The van der Waals surface area contributed by atoms with Gasteiger partial charge in [-0.3, -0.25) is 0 Å². The number of aromatic nitrogens is 2. The Morgan fingerprint density at radius 3 is 2.91 bits per heavy atom. The summed E-state index contributed by atoms with van der Waals surface area (Å²) in [5, 5.41) is 3.28. The number of hydrogen-bond acceptors (Lipinski definition) is 3. The minimum Gasteiger partial charge on any atom is -0.373 e. The van der Waals surface area contributed by atoms with Crippen molar-refractivity contribution in [2.75, 3.05) is 11.9 Å². The lowest BCUT2D eigenvalue weighted by molar-refractivity contribution is 0.109. The number of nitrogens with one attached hydrogen (secondary N) is 1. The van der Waals surface area contributed by atoms with E-state index in [9.17, 15) is 4.39 Å². The maximum Gasteiger partial charge on any atom is 0.208 e. The zero-order valence-corrected chi connectivity index (χ0v) is 12.9. The lowest BCUT2D eigenvalue weighted by atomic mass is 10.1. The Labute approximate surface area is 133 Å². The first kappa shape index (κ1) is 14.2. The highest BCUT2D eigenvalue weighted by atomic mass is 19.1. The highest BCUT2D eigenvalue weighted by molar-refractivity contribution is 5.79. The number of hydrogen-bond donors (Lipinski definition) is 1. The molecule has 0 spiro atoms. The molecular weight excluding hydrogens is 293 g/mol. The number of nitrogens with zero attached hydrogens (tertiary/aromatic N) is 2. The van der Waals surface area contributed by atoms with Crippen LogP contribution in [0.5, 0.6) is 0 Å². The Morgan fingerprint density at radius 2 is 2.13 bits per heavy atom. The van der Waals surface area contributed by atoms with E-state index in [1.165, 1.54) is 6.07 Å². The molecule has 0 bridgehead atoms. The minimum absolute atomic E-state index is 0.141. The van der Waals surface area contributed by atoms with Gasteiger partial charge in [-0.25, -0.2) is 9.37 Å². The van der Waals surface area contributed by atoms with Gasteiger partial charge in [0.15, 0.2) is 0 Å². The number of benzene rings is 2. The summed E-state index contributed by atoms with van der Waals surface area (Å²) in [7, 11) is 1.96. The predicted molar refractivity (Wildman–Crippen MR) is 88.3 cm³/mol. The van der Waals surface area contributed by atoms with Crippen molar-refractivity contribution in [3.63, 3.8) is 0 Å². The number of imidazole rings is 1. The first-order valence-corrected chi connectivity index (χ1v) is 7.82. The fourth-order valence-corrected chi connectivity index (χ4v) is 3.08. The second-order valence-electron chi connectivity index (χ2n) is 5.85. The van der Waals surface area contributed by atoms with Crippen molar-refractivity contribution < 1.29 is 9.13 Å². The zero-order valence-electron chi connectivity index (χ0n) is 12.9. The van der Waals surface area contributed by atoms with Crippen molar-refractivity contribution in [2.24, 2.45) is 7.05 Å². The summed E-state index contributed by atoms with van der Waals surface area (Å²) >= 11 is 0. The molecule has 1 saturated heterocycles. The third kappa shape index (κ3) is 2.57. The summed E-state index contributed by atoms with van der Waals surface area (Å²) in [4.78, 5) is 4.58. The Bertz CT molecular complexity index is 853. The van der Waals surface area contributed by atoms with E-state index in [0.717, 1.165) is 35.5 Å². The van der Waals surface area contributed by atoms with Crippen LogP contribution in [0.1, 0.15) is 24.5 Å². The van der Waals surface area contributed by atoms with E-state index in [2.05, 4.69) is 10.3 Å². The van der Waals surface area contributed by atoms with Gasteiger partial charge in [-0.1, -0.05) is 12.1 Å². The molecule has 0 radical (unpaired) electrons. The quantitative estimate of drug-likeness (QED) is 0.783. The summed E-state index contributed by atoms with van der Waals surface area (Å²) < 4.78 is 21.7. The third-order valence-electron chi connectivity index (χ3n) is 4.32. The van der Waals surface area contributed by atoms with Crippen LogP contribution < -0.4 is 5.32 Å². The van der Waals surface area contributed by atoms with Crippen molar-refractivity contribution in [2.45, 2.75) is 18.9 Å². The molecular formula is C18H18FN3O. The standard InChI is InChI=1S/C18H18FN3O/c1-22-16-6-3-2-5-15(16)21-18(22)20-12-8-9-14(19)13(11-12)17-7-4-10-23-17/h2-3,5-6,8-9,11,17H,4,7,10H2,1H3,(H,20,21). The minimum atomic E-state index is -0.215. The summed E-state index contributed by atoms with van der Waals surface area (Å²) in [6.07, 6.45) is 1.70. The molecule has 23 heavy (non-hydrogen) atoms. The molecule has 0 amide bonds. The number of ether oxygens (including phenoxy) is 1. The molecule has 1 unspecified atom stereocenters. The van der Waals surface area contributed by atoms with Gasteiger partial charge in [0.2, 0.25) is 5.95 Å². The van der Waals surface area contributed by atoms with E-state index in [1.807, 2.05) is 41.9 Å². The second kappa shape index (κ2) is 5.66. The van der Waals surface area contributed by atoms with Gasteiger partial charge >= 0.3 is 0 Å². The van der Waals surface area contributed by atoms with Crippen LogP contribution in [0.15, 0.2) is 42.5 Å². The first-order valence-electron chi connectivity index (χ1n) is 7.82. The molecule has 4 rings (SSSR count). The number of rotatable bonds is 3. The highest BCUT2D eigenvalue weighted by Gasteiger charge is 2.21. The molecule has 1 aliphatic rings. The topological polar surface area (TPSA) is 39.1 Å². The Hall–Kier alpha value is -2.40. The van der Waals surface area contributed by atoms with Gasteiger partial charge in [-0.15, -0.1) is 0 Å². The molecule has 4 nitrogen and oxygen atoms in total. The van der Waals surface area contributed by atoms with E-state index >= 15 is 0 Å². The molecule has 1 aromatic heterocycles. The van der Waals surface area contributed by atoms with Crippen LogP contribution in [-0.2, 0) is 11.8 Å². The number of fused-ring (bicyclic) bond motifs is 1. The zero-order chi connectivity index (χ0) is 15.8. The van der Waals surface area contributed by atoms with Gasteiger partial charge in [-0.2, -0.15) is 0 Å². The molecule has 118 valence electrons. The third-order valence-corrected chi connectivity index (χ3v) is 4.32. The van der Waals surface area contributed by atoms with Crippen LogP contribution >= 0.6 is 0 Å². The van der Waals surface area contributed by atoms with E-state index in [4.69, 9.17) is 4.74 Å². The number of para-hydroxylation sites is 2. The fraction of sp³-hybridized carbons (Fsp3) is 0.278. The molecule has 1 N–H and O–H groups in total. The summed E-state index contributed by atoms with van der Waals surface area (Å²) in [5.74, 6) is 0.517. The van der Waals surface area contributed by atoms with Crippen molar-refractivity contribution >= 4 is 22.7 Å². The van der Waals surface area contributed by atoms with E-state index in [0.29, 0.717) is 12.2 Å². The Morgan fingerprint density at radius 1 is 1.26 bits per heavy atom. The summed E-state index contributed by atoms with van der Waals surface area (Å²) in [6.45, 7) is 0.701. The van der Waals surface area contributed by atoms with Gasteiger partial charge in [0, 0.05) is 24.9 Å². The van der Waals surface area contributed by atoms with Crippen LogP contribution in [0.4, 0.5) is 16.0 Å².